The second kappa shape index (κ2) is 6.49. The van der Waals surface area contributed by atoms with E-state index < -0.39 is 4.92 Å². The highest BCUT2D eigenvalue weighted by atomic mass is 127. The number of nitrogens with one attached hydrogen (secondary N) is 1. The minimum atomic E-state index is -0.487. The van der Waals surface area contributed by atoms with Gasteiger partial charge in [-0.25, -0.2) is 0 Å². The van der Waals surface area contributed by atoms with Crippen LogP contribution in [0.2, 0.25) is 0 Å². The number of nitrogens with zero attached hydrogens (tertiary/aromatic N) is 1. The molecule has 0 aromatic heterocycles. The van der Waals surface area contributed by atoms with E-state index in [1.165, 1.54) is 24.3 Å². The van der Waals surface area contributed by atoms with Crippen molar-refractivity contribution >= 4 is 45.9 Å². The summed E-state index contributed by atoms with van der Waals surface area (Å²) in [6.07, 6.45) is 1.47. The van der Waals surface area contributed by atoms with Crippen LogP contribution < -0.4 is 5.32 Å². The number of halogens is 1. The van der Waals surface area contributed by atoms with Crippen LogP contribution in [-0.2, 0) is 0 Å². The molecule has 106 valence electrons. The van der Waals surface area contributed by atoms with Crippen molar-refractivity contribution in [3.8, 4) is 0 Å². The third-order valence-corrected chi connectivity index (χ3v) is 3.77. The van der Waals surface area contributed by atoms with Gasteiger partial charge in [0.05, 0.1) is 10.5 Å². The van der Waals surface area contributed by atoms with Gasteiger partial charge in [-0.2, -0.15) is 0 Å². The van der Waals surface area contributed by atoms with E-state index in [0.717, 1.165) is 3.57 Å². The van der Waals surface area contributed by atoms with Gasteiger partial charge >= 0.3 is 0 Å². The van der Waals surface area contributed by atoms with E-state index in [1.54, 1.807) is 12.1 Å². The second-order valence-electron chi connectivity index (χ2n) is 4.17. The summed E-state index contributed by atoms with van der Waals surface area (Å²) in [7, 11) is 0. The van der Waals surface area contributed by atoms with Crippen LogP contribution >= 0.6 is 22.6 Å². The molecule has 0 unspecified atom stereocenters. The van der Waals surface area contributed by atoms with Crippen LogP contribution in [0.15, 0.2) is 49.0 Å². The van der Waals surface area contributed by atoms with Crippen LogP contribution in [-0.4, -0.2) is 10.8 Å². The summed E-state index contributed by atoms with van der Waals surface area (Å²) in [5.74, 6) is -0.267. The molecule has 0 bridgehead atoms. The lowest BCUT2D eigenvalue weighted by Gasteiger charge is -2.09. The smallest absolute Gasteiger partial charge is 0.270 e. The summed E-state index contributed by atoms with van der Waals surface area (Å²) in [6, 6.07) is 11.4. The first-order valence-corrected chi connectivity index (χ1v) is 7.07. The Morgan fingerprint density at radius 1 is 1.29 bits per heavy atom. The van der Waals surface area contributed by atoms with Crippen molar-refractivity contribution in [2.24, 2.45) is 0 Å². The van der Waals surface area contributed by atoms with Gasteiger partial charge in [-0.1, -0.05) is 24.8 Å². The predicted molar refractivity (Wildman–Crippen MR) is 90.3 cm³/mol. The van der Waals surface area contributed by atoms with Crippen LogP contribution in [0, 0.1) is 13.7 Å². The molecule has 0 heterocycles. The average Bonchev–Trinajstić information content (AvgIpc) is 2.47. The number of benzene rings is 2. The van der Waals surface area contributed by atoms with Gasteiger partial charge in [-0.3, -0.25) is 14.9 Å². The maximum Gasteiger partial charge on any atom is 0.270 e. The van der Waals surface area contributed by atoms with Crippen LogP contribution in [0.5, 0.6) is 0 Å². The zero-order valence-electron chi connectivity index (χ0n) is 10.9. The van der Waals surface area contributed by atoms with E-state index in [-0.39, 0.29) is 11.6 Å². The minimum absolute atomic E-state index is 0.0443. The zero-order valence-corrected chi connectivity index (χ0v) is 13.0. The maximum atomic E-state index is 12.2. The number of hydrogen-bond donors (Lipinski definition) is 1. The molecule has 2 rings (SSSR count). The van der Waals surface area contributed by atoms with E-state index in [9.17, 15) is 14.9 Å². The number of amides is 1. The summed E-state index contributed by atoms with van der Waals surface area (Å²) < 4.78 is 0.828. The topological polar surface area (TPSA) is 72.2 Å². The quantitative estimate of drug-likeness (QED) is 0.482. The lowest BCUT2D eigenvalue weighted by Crippen LogP contribution is -2.14. The number of rotatable bonds is 4. The maximum absolute atomic E-state index is 12.2. The van der Waals surface area contributed by atoms with Crippen molar-refractivity contribution in [1.82, 2.24) is 0 Å². The number of nitro groups is 1. The third-order valence-electron chi connectivity index (χ3n) is 2.83. The molecule has 0 atom stereocenters. The molecule has 0 aliphatic heterocycles. The van der Waals surface area contributed by atoms with E-state index in [2.05, 4.69) is 34.5 Å². The molecule has 2 aromatic carbocycles. The van der Waals surface area contributed by atoms with Crippen LogP contribution in [0.4, 0.5) is 11.4 Å². The van der Waals surface area contributed by atoms with Gasteiger partial charge in [-0.05, 0) is 40.8 Å². The molecule has 1 N–H and O–H groups in total. The Balaban J connectivity index is 2.31. The monoisotopic (exact) mass is 394 g/mol. The Morgan fingerprint density at radius 3 is 2.62 bits per heavy atom. The van der Waals surface area contributed by atoms with E-state index in [0.29, 0.717) is 16.8 Å². The van der Waals surface area contributed by atoms with Crippen LogP contribution in [0.25, 0.3) is 6.08 Å². The molecule has 0 aliphatic rings. The number of non-ortho nitro benzene ring substituents is 1. The van der Waals surface area contributed by atoms with Gasteiger partial charge in [0.15, 0.2) is 0 Å². The SMILES string of the molecule is C=Cc1cc([N+](=O)[O-])ccc1NC(=O)c1ccccc1I. The van der Waals surface area contributed by atoms with E-state index in [1.807, 2.05) is 12.1 Å². The molecule has 2 aromatic rings. The summed E-state index contributed by atoms with van der Waals surface area (Å²) >= 11 is 2.08. The lowest BCUT2D eigenvalue weighted by atomic mass is 10.1. The van der Waals surface area contributed by atoms with Crippen molar-refractivity contribution in [2.45, 2.75) is 0 Å². The fourth-order valence-corrected chi connectivity index (χ4v) is 2.41. The first-order chi connectivity index (χ1) is 10.0. The van der Waals surface area contributed by atoms with Crippen molar-refractivity contribution in [2.75, 3.05) is 5.32 Å². The van der Waals surface area contributed by atoms with Crippen molar-refractivity contribution in [3.63, 3.8) is 0 Å². The van der Waals surface area contributed by atoms with Crippen molar-refractivity contribution in [3.05, 3.63) is 73.9 Å². The molecule has 21 heavy (non-hydrogen) atoms. The Labute approximate surface area is 135 Å². The zero-order chi connectivity index (χ0) is 15.4. The van der Waals surface area contributed by atoms with Crippen molar-refractivity contribution < 1.29 is 9.72 Å². The number of carbonyl (C=O) groups excluding carboxylic acids is 1. The van der Waals surface area contributed by atoms with Crippen LogP contribution in [0.1, 0.15) is 15.9 Å². The number of carbonyl (C=O) groups is 1. The standard InChI is InChI=1S/C15H11IN2O3/c1-2-10-9-11(18(20)21)7-8-14(10)17-15(19)12-5-3-4-6-13(12)16/h2-9H,1H2,(H,17,19). The predicted octanol–water partition coefficient (Wildman–Crippen LogP) is 4.09. The number of anilines is 1. The Hall–Kier alpha value is -2.22. The van der Waals surface area contributed by atoms with Gasteiger partial charge in [-0.15, -0.1) is 0 Å². The summed E-state index contributed by atoms with van der Waals surface area (Å²) in [4.78, 5) is 22.5. The molecule has 0 radical (unpaired) electrons. The Kier molecular flexibility index (Phi) is 4.69. The fraction of sp³-hybridized carbons (Fsp3) is 0. The molecule has 0 aliphatic carbocycles. The van der Waals surface area contributed by atoms with E-state index in [4.69, 9.17) is 0 Å². The van der Waals surface area contributed by atoms with Gasteiger partial charge < -0.3 is 5.32 Å². The van der Waals surface area contributed by atoms with Crippen molar-refractivity contribution in [1.29, 1.82) is 0 Å². The second-order valence-corrected chi connectivity index (χ2v) is 5.33. The molecule has 5 nitrogen and oxygen atoms in total. The first-order valence-electron chi connectivity index (χ1n) is 5.99. The average molecular weight is 394 g/mol. The highest BCUT2D eigenvalue weighted by molar-refractivity contribution is 14.1. The van der Waals surface area contributed by atoms with Gasteiger partial charge in [0.25, 0.3) is 11.6 Å². The molecular weight excluding hydrogens is 383 g/mol. The number of nitro benzene ring substituents is 1. The van der Waals surface area contributed by atoms with Gasteiger partial charge in [0, 0.05) is 27.0 Å². The molecule has 1 amide bonds. The molecule has 6 heteroatoms. The largest absolute Gasteiger partial charge is 0.321 e. The Morgan fingerprint density at radius 2 is 2.00 bits per heavy atom. The normalized spacial score (nSPS) is 9.95. The molecule has 0 saturated heterocycles. The highest BCUT2D eigenvalue weighted by Gasteiger charge is 2.13. The molecule has 0 spiro atoms. The Bertz CT molecular complexity index is 729. The molecular formula is C15H11IN2O3. The minimum Gasteiger partial charge on any atom is -0.321 e. The summed E-state index contributed by atoms with van der Waals surface area (Å²) in [5.41, 5.74) is 1.49. The summed E-state index contributed by atoms with van der Waals surface area (Å²) in [6.45, 7) is 3.61. The lowest BCUT2D eigenvalue weighted by molar-refractivity contribution is -0.384. The molecule has 0 saturated carbocycles. The van der Waals surface area contributed by atoms with E-state index >= 15 is 0 Å². The van der Waals surface area contributed by atoms with Gasteiger partial charge in [0.2, 0.25) is 0 Å². The summed E-state index contributed by atoms with van der Waals surface area (Å²) in [5, 5.41) is 13.5. The highest BCUT2D eigenvalue weighted by Crippen LogP contribution is 2.24. The first kappa shape index (κ1) is 15.2. The van der Waals surface area contributed by atoms with Gasteiger partial charge in [0.1, 0.15) is 0 Å². The fourth-order valence-electron chi connectivity index (χ4n) is 1.78. The third kappa shape index (κ3) is 3.46. The molecule has 0 fully saturated rings. The van der Waals surface area contributed by atoms with Crippen LogP contribution in [0.3, 0.4) is 0 Å². The number of hydrogen-bond acceptors (Lipinski definition) is 3.